The number of hydrogen-bond acceptors (Lipinski definition) is 5. The molecule has 0 aliphatic carbocycles. The second-order valence-electron chi connectivity index (χ2n) is 8.07. The molecular formula is C21H44N4O5. The number of nitrogens with one attached hydrogen (secondary N) is 2. The van der Waals surface area contributed by atoms with Gasteiger partial charge in [0.05, 0.1) is 0 Å². The molecule has 1 unspecified atom stereocenters. The summed E-state index contributed by atoms with van der Waals surface area (Å²) in [6.07, 6.45) is 6.93. The Labute approximate surface area is 181 Å². The van der Waals surface area contributed by atoms with Crippen LogP contribution in [0.1, 0.15) is 86.0 Å². The smallest absolute Gasteiger partial charge is 0.303 e. The first-order valence-corrected chi connectivity index (χ1v) is 10.6. The molecule has 0 aromatic carbocycles. The standard InChI is InChI=1S/C8H16N2O2.C8H16O2.C4H9N.CH3NO/c1-3-5-6(8(9)12)10-7(11)4-2;1-8(2,3)6-4-5-7(9)10;1-2-4-5-3-1;2-1-3/h6H,3-5H2,1-2H3,(H2,9,12)(H,10,11);4-6H2,1-3H3,(H,9,10);5H,1-4H2;1H,(H2,2,3). The average molecular weight is 433 g/mol. The molecule has 1 aliphatic rings. The van der Waals surface area contributed by atoms with Crippen molar-refractivity contribution in [2.45, 2.75) is 92.0 Å². The predicted molar refractivity (Wildman–Crippen MR) is 120 cm³/mol. The van der Waals surface area contributed by atoms with E-state index < -0.39 is 17.9 Å². The average Bonchev–Trinajstić information content (AvgIpc) is 3.21. The zero-order valence-corrected chi connectivity index (χ0v) is 19.5. The van der Waals surface area contributed by atoms with Gasteiger partial charge in [-0.25, -0.2) is 0 Å². The monoisotopic (exact) mass is 432 g/mol. The number of nitrogens with two attached hydrogens (primary N) is 2. The molecule has 1 heterocycles. The van der Waals surface area contributed by atoms with E-state index in [0.717, 1.165) is 19.3 Å². The van der Waals surface area contributed by atoms with Crippen LogP contribution in [0.4, 0.5) is 0 Å². The van der Waals surface area contributed by atoms with E-state index in [-0.39, 0.29) is 17.7 Å². The number of carbonyl (C=O) groups is 4. The van der Waals surface area contributed by atoms with Gasteiger partial charge in [-0.3, -0.25) is 19.2 Å². The van der Waals surface area contributed by atoms with Gasteiger partial charge in [-0.1, -0.05) is 41.0 Å². The molecule has 0 spiro atoms. The third-order valence-electron chi connectivity index (χ3n) is 3.85. The first-order valence-electron chi connectivity index (χ1n) is 10.6. The normalized spacial score (nSPS) is 13.1. The van der Waals surface area contributed by atoms with Crippen molar-refractivity contribution in [1.82, 2.24) is 10.6 Å². The van der Waals surface area contributed by atoms with E-state index in [1.807, 2.05) is 6.92 Å². The van der Waals surface area contributed by atoms with E-state index >= 15 is 0 Å². The Morgan fingerprint density at radius 2 is 1.67 bits per heavy atom. The van der Waals surface area contributed by atoms with E-state index in [4.69, 9.17) is 15.6 Å². The highest BCUT2D eigenvalue weighted by molar-refractivity contribution is 5.86. The maximum atomic E-state index is 10.9. The van der Waals surface area contributed by atoms with Gasteiger partial charge in [0, 0.05) is 12.8 Å². The number of carboxylic acid groups (broad SMARTS) is 1. The van der Waals surface area contributed by atoms with Gasteiger partial charge >= 0.3 is 5.97 Å². The number of rotatable bonds is 8. The fourth-order valence-corrected chi connectivity index (χ4v) is 2.27. The van der Waals surface area contributed by atoms with Crippen LogP contribution in [0.5, 0.6) is 0 Å². The van der Waals surface area contributed by atoms with Crippen molar-refractivity contribution in [2.24, 2.45) is 16.9 Å². The lowest BCUT2D eigenvalue weighted by molar-refractivity contribution is -0.137. The summed E-state index contributed by atoms with van der Waals surface area (Å²) >= 11 is 0. The third kappa shape index (κ3) is 30.6. The van der Waals surface area contributed by atoms with Gasteiger partial charge in [-0.15, -0.1) is 0 Å². The molecule has 3 amide bonds. The van der Waals surface area contributed by atoms with E-state index in [1.54, 1.807) is 6.92 Å². The number of amides is 3. The molecule has 178 valence electrons. The Balaban J connectivity index is -0.000000360. The molecule has 9 heteroatoms. The molecule has 0 radical (unpaired) electrons. The summed E-state index contributed by atoms with van der Waals surface area (Å²) in [5.74, 6) is -1.28. The first-order chi connectivity index (χ1) is 13.9. The summed E-state index contributed by atoms with van der Waals surface area (Å²) in [5.41, 5.74) is 9.51. The Morgan fingerprint density at radius 3 is 1.93 bits per heavy atom. The molecule has 0 bridgehead atoms. The minimum absolute atomic E-state index is 0.132. The van der Waals surface area contributed by atoms with Crippen LogP contribution in [0.25, 0.3) is 0 Å². The van der Waals surface area contributed by atoms with Crippen molar-refractivity contribution in [3.8, 4) is 0 Å². The molecule has 0 aromatic rings. The third-order valence-corrected chi connectivity index (χ3v) is 3.85. The van der Waals surface area contributed by atoms with E-state index in [0.29, 0.717) is 19.3 Å². The van der Waals surface area contributed by atoms with Gasteiger partial charge in [-0.05, 0) is 50.6 Å². The zero-order valence-electron chi connectivity index (χ0n) is 19.5. The second kappa shape index (κ2) is 21.5. The van der Waals surface area contributed by atoms with Gasteiger partial charge in [-0.2, -0.15) is 0 Å². The molecular weight excluding hydrogens is 388 g/mol. The lowest BCUT2D eigenvalue weighted by Crippen LogP contribution is -2.44. The molecule has 9 nitrogen and oxygen atoms in total. The molecule has 1 saturated heterocycles. The quantitative estimate of drug-likeness (QED) is 0.368. The van der Waals surface area contributed by atoms with E-state index in [2.05, 4.69) is 37.1 Å². The van der Waals surface area contributed by atoms with E-state index in [9.17, 15) is 14.4 Å². The van der Waals surface area contributed by atoms with Crippen LogP contribution < -0.4 is 22.1 Å². The highest BCUT2D eigenvalue weighted by Crippen LogP contribution is 2.21. The molecule has 1 fully saturated rings. The first kappa shape index (κ1) is 32.5. The summed E-state index contributed by atoms with van der Waals surface area (Å²) in [6, 6.07) is -0.498. The molecule has 1 atom stereocenters. The van der Waals surface area contributed by atoms with Crippen molar-refractivity contribution in [3.05, 3.63) is 0 Å². The second-order valence-corrected chi connectivity index (χ2v) is 8.07. The SMILES string of the molecule is C1CCNC1.CC(C)(C)CCCC(=O)O.CCCC(NC(=O)CC)C(N)=O.NC=O. The van der Waals surface area contributed by atoms with Gasteiger partial charge < -0.3 is 27.2 Å². The lowest BCUT2D eigenvalue weighted by atomic mass is 9.90. The molecule has 1 aliphatic heterocycles. The fourth-order valence-electron chi connectivity index (χ4n) is 2.27. The van der Waals surface area contributed by atoms with Gasteiger partial charge in [0.2, 0.25) is 18.2 Å². The number of carbonyl (C=O) groups excluding carboxylic acids is 3. The highest BCUT2D eigenvalue weighted by Gasteiger charge is 2.15. The van der Waals surface area contributed by atoms with Crippen LogP contribution in [0.15, 0.2) is 0 Å². The van der Waals surface area contributed by atoms with Crippen molar-refractivity contribution >= 4 is 24.2 Å². The summed E-state index contributed by atoms with van der Waals surface area (Å²) in [6.45, 7) is 12.5. The Morgan fingerprint density at radius 1 is 1.17 bits per heavy atom. The van der Waals surface area contributed by atoms with Crippen LogP contribution in [0.3, 0.4) is 0 Å². The Kier molecular flexibility index (Phi) is 23.3. The van der Waals surface area contributed by atoms with Crippen molar-refractivity contribution < 1.29 is 24.3 Å². The maximum absolute atomic E-state index is 10.9. The van der Waals surface area contributed by atoms with Crippen LogP contribution in [-0.4, -0.2) is 48.4 Å². The summed E-state index contributed by atoms with van der Waals surface area (Å²) < 4.78 is 0. The lowest BCUT2D eigenvalue weighted by Gasteiger charge is -2.16. The highest BCUT2D eigenvalue weighted by atomic mass is 16.4. The summed E-state index contributed by atoms with van der Waals surface area (Å²) in [4.78, 5) is 40.3. The van der Waals surface area contributed by atoms with Crippen molar-refractivity contribution in [3.63, 3.8) is 0 Å². The van der Waals surface area contributed by atoms with Gasteiger partial charge in [0.15, 0.2) is 0 Å². The van der Waals surface area contributed by atoms with Crippen LogP contribution in [-0.2, 0) is 19.2 Å². The number of aliphatic carboxylic acids is 1. The van der Waals surface area contributed by atoms with Crippen LogP contribution in [0, 0.1) is 5.41 Å². The summed E-state index contributed by atoms with van der Waals surface area (Å²) in [7, 11) is 0. The Bertz CT molecular complexity index is 451. The minimum Gasteiger partial charge on any atom is -0.481 e. The fraction of sp³-hybridized carbons (Fsp3) is 0.810. The number of primary amides is 2. The Hall–Kier alpha value is -2.16. The predicted octanol–water partition coefficient (Wildman–Crippen LogP) is 1.93. The minimum atomic E-state index is -0.691. The molecule has 30 heavy (non-hydrogen) atoms. The molecule has 0 aromatic heterocycles. The zero-order chi connectivity index (χ0) is 24.0. The van der Waals surface area contributed by atoms with Gasteiger partial charge in [0.1, 0.15) is 6.04 Å². The topological polar surface area (TPSA) is 165 Å². The van der Waals surface area contributed by atoms with E-state index in [1.165, 1.54) is 25.9 Å². The van der Waals surface area contributed by atoms with Crippen molar-refractivity contribution in [1.29, 1.82) is 0 Å². The maximum Gasteiger partial charge on any atom is 0.303 e. The number of carboxylic acids is 1. The van der Waals surface area contributed by atoms with Crippen LogP contribution >= 0.6 is 0 Å². The summed E-state index contributed by atoms with van der Waals surface area (Å²) in [5, 5.41) is 14.1. The van der Waals surface area contributed by atoms with Gasteiger partial charge in [0.25, 0.3) is 0 Å². The molecule has 0 saturated carbocycles. The van der Waals surface area contributed by atoms with Crippen LogP contribution in [0.2, 0.25) is 0 Å². The van der Waals surface area contributed by atoms with Crippen molar-refractivity contribution in [2.75, 3.05) is 13.1 Å². The number of hydrogen-bond donors (Lipinski definition) is 5. The molecule has 7 N–H and O–H groups in total. The molecule has 1 rings (SSSR count). The largest absolute Gasteiger partial charge is 0.481 e.